The van der Waals surface area contributed by atoms with Gasteiger partial charge in [-0.2, -0.15) is 0 Å². The van der Waals surface area contributed by atoms with Crippen molar-refractivity contribution in [3.63, 3.8) is 0 Å². The number of thioether (sulfide) groups is 1. The SMILES string of the molecule is CCOc1ccc(C[C@H](NC(=O)c2cccc(N)c2Cl)[C@H](O)C(=O)N2CSC(C)(C)[C@H]2C(=O)NCc2ccccc2C)cc1. The van der Waals surface area contributed by atoms with Crippen LogP contribution in [0.1, 0.15) is 47.8 Å². The molecule has 5 N–H and O–H groups in total. The molecular weight excluding hydrogens is 600 g/mol. The molecule has 0 unspecified atom stereocenters. The van der Waals surface area contributed by atoms with Crippen LogP contribution in [0.15, 0.2) is 66.7 Å². The molecule has 1 heterocycles. The van der Waals surface area contributed by atoms with Crippen molar-refractivity contribution in [2.75, 3.05) is 18.2 Å². The van der Waals surface area contributed by atoms with Crippen LogP contribution < -0.4 is 21.1 Å². The van der Waals surface area contributed by atoms with Crippen LogP contribution in [0.5, 0.6) is 5.75 Å². The Balaban J connectivity index is 1.57. The van der Waals surface area contributed by atoms with Crippen molar-refractivity contribution < 1.29 is 24.2 Å². The van der Waals surface area contributed by atoms with Gasteiger partial charge in [0.1, 0.15) is 11.8 Å². The molecule has 11 heteroatoms. The van der Waals surface area contributed by atoms with E-state index >= 15 is 0 Å². The first-order valence-corrected chi connectivity index (χ1v) is 15.8. The molecule has 1 aliphatic heterocycles. The van der Waals surface area contributed by atoms with Gasteiger partial charge in [0, 0.05) is 11.3 Å². The third kappa shape index (κ3) is 7.67. The first kappa shape index (κ1) is 33.2. The summed E-state index contributed by atoms with van der Waals surface area (Å²) in [6.45, 7) is 8.48. The number of anilines is 1. The van der Waals surface area contributed by atoms with Gasteiger partial charge in [0.05, 0.1) is 34.8 Å². The second-order valence-corrected chi connectivity index (χ2v) is 13.2. The molecule has 3 aromatic carbocycles. The van der Waals surface area contributed by atoms with Gasteiger partial charge in [0.25, 0.3) is 11.8 Å². The number of carbonyl (C=O) groups excluding carboxylic acids is 3. The number of carbonyl (C=O) groups is 3. The summed E-state index contributed by atoms with van der Waals surface area (Å²) >= 11 is 7.76. The highest BCUT2D eigenvalue weighted by atomic mass is 35.5. The summed E-state index contributed by atoms with van der Waals surface area (Å²) in [5.74, 6) is -0.683. The number of nitrogens with zero attached hydrogens (tertiary/aromatic N) is 1. The fraction of sp³-hybridized carbons (Fsp3) is 0.364. The summed E-state index contributed by atoms with van der Waals surface area (Å²) in [6.07, 6.45) is -1.54. The highest BCUT2D eigenvalue weighted by Crippen LogP contribution is 2.40. The molecule has 234 valence electrons. The van der Waals surface area contributed by atoms with E-state index in [1.54, 1.807) is 24.3 Å². The Morgan fingerprint density at radius 1 is 1.11 bits per heavy atom. The van der Waals surface area contributed by atoms with Crippen molar-refractivity contribution in [1.29, 1.82) is 0 Å². The third-order valence-corrected chi connectivity index (χ3v) is 9.50. The average molecular weight is 639 g/mol. The summed E-state index contributed by atoms with van der Waals surface area (Å²) in [7, 11) is 0. The van der Waals surface area contributed by atoms with Gasteiger partial charge in [0.15, 0.2) is 6.10 Å². The lowest BCUT2D eigenvalue weighted by Crippen LogP contribution is -2.58. The number of hydrogen-bond donors (Lipinski definition) is 4. The minimum atomic E-state index is -1.66. The lowest BCUT2D eigenvalue weighted by Gasteiger charge is -2.33. The van der Waals surface area contributed by atoms with Crippen molar-refractivity contribution in [3.05, 3.63) is 94.0 Å². The standard InChI is InChI=1S/C33H39ClN4O5S/c1-5-43-23-15-13-21(14-16-23)17-26(37-30(40)24-11-8-12-25(35)27(24)34)28(39)32(42)38-19-44-33(3,4)29(38)31(41)36-18-22-10-7-6-9-20(22)2/h6-16,26,28-29,39H,5,17-19,35H2,1-4H3,(H,36,41)(H,37,40)/t26-,28-,29+/m0/s1. The van der Waals surface area contributed by atoms with Gasteiger partial charge in [-0.3, -0.25) is 14.4 Å². The number of nitrogens with one attached hydrogen (secondary N) is 2. The lowest BCUT2D eigenvalue weighted by atomic mass is 9.96. The number of aliphatic hydroxyl groups excluding tert-OH is 1. The van der Waals surface area contributed by atoms with E-state index < -0.39 is 34.7 Å². The minimum absolute atomic E-state index is 0.0775. The zero-order valence-corrected chi connectivity index (χ0v) is 26.9. The van der Waals surface area contributed by atoms with Crippen molar-refractivity contribution in [3.8, 4) is 5.75 Å². The van der Waals surface area contributed by atoms with Crippen LogP contribution in [0, 0.1) is 6.92 Å². The smallest absolute Gasteiger partial charge is 0.254 e. The number of halogens is 1. The topological polar surface area (TPSA) is 134 Å². The predicted octanol–water partition coefficient (Wildman–Crippen LogP) is 4.33. The molecule has 0 saturated carbocycles. The maximum atomic E-state index is 14.0. The molecule has 3 amide bonds. The summed E-state index contributed by atoms with van der Waals surface area (Å²) in [4.78, 5) is 42.3. The highest BCUT2D eigenvalue weighted by molar-refractivity contribution is 8.00. The van der Waals surface area contributed by atoms with Gasteiger partial charge in [-0.05, 0) is 75.1 Å². The first-order chi connectivity index (χ1) is 20.9. The van der Waals surface area contributed by atoms with E-state index in [9.17, 15) is 19.5 Å². The molecule has 3 aromatic rings. The van der Waals surface area contributed by atoms with E-state index in [2.05, 4.69) is 10.6 Å². The molecule has 1 saturated heterocycles. The summed E-state index contributed by atoms with van der Waals surface area (Å²) in [6, 6.07) is 17.8. The van der Waals surface area contributed by atoms with Crippen molar-refractivity contribution in [2.45, 2.75) is 63.6 Å². The summed E-state index contributed by atoms with van der Waals surface area (Å²) in [5.41, 5.74) is 9.03. The summed E-state index contributed by atoms with van der Waals surface area (Å²) in [5, 5.41) is 17.4. The molecule has 4 rings (SSSR count). The van der Waals surface area contributed by atoms with Crippen LogP contribution in [0.2, 0.25) is 5.02 Å². The van der Waals surface area contributed by atoms with E-state index in [4.69, 9.17) is 22.1 Å². The van der Waals surface area contributed by atoms with Gasteiger partial charge in [-0.1, -0.05) is 54.1 Å². The maximum absolute atomic E-state index is 14.0. The molecule has 0 bridgehead atoms. The molecule has 0 aliphatic carbocycles. The lowest BCUT2D eigenvalue weighted by molar-refractivity contribution is -0.147. The molecular formula is C33H39ClN4O5S. The number of aliphatic hydroxyl groups is 1. The number of benzene rings is 3. The van der Waals surface area contributed by atoms with Gasteiger partial charge in [-0.15, -0.1) is 11.8 Å². The molecule has 9 nitrogen and oxygen atoms in total. The zero-order chi connectivity index (χ0) is 32.0. The van der Waals surface area contributed by atoms with E-state index in [-0.39, 0.29) is 34.5 Å². The van der Waals surface area contributed by atoms with Crippen molar-refractivity contribution in [1.82, 2.24) is 15.5 Å². The quantitative estimate of drug-likeness (QED) is 0.230. The van der Waals surface area contributed by atoms with Crippen LogP contribution in [0.4, 0.5) is 5.69 Å². The molecule has 0 radical (unpaired) electrons. The Morgan fingerprint density at radius 2 is 1.82 bits per heavy atom. The second kappa shape index (κ2) is 14.4. The van der Waals surface area contributed by atoms with Crippen LogP contribution in [0.3, 0.4) is 0 Å². The van der Waals surface area contributed by atoms with E-state index in [1.165, 1.54) is 22.7 Å². The molecule has 44 heavy (non-hydrogen) atoms. The Morgan fingerprint density at radius 3 is 2.50 bits per heavy atom. The predicted molar refractivity (Wildman–Crippen MR) is 175 cm³/mol. The van der Waals surface area contributed by atoms with Crippen LogP contribution in [-0.4, -0.2) is 63.1 Å². The van der Waals surface area contributed by atoms with Crippen LogP contribution in [-0.2, 0) is 22.6 Å². The largest absolute Gasteiger partial charge is 0.494 e. The van der Waals surface area contributed by atoms with Gasteiger partial charge < -0.3 is 31.1 Å². The Hall–Kier alpha value is -3.73. The van der Waals surface area contributed by atoms with E-state index in [1.807, 2.05) is 64.1 Å². The summed E-state index contributed by atoms with van der Waals surface area (Å²) < 4.78 is 4.91. The normalized spacial score (nSPS) is 17.0. The molecule has 0 spiro atoms. The fourth-order valence-corrected chi connectivity index (χ4v) is 6.55. The van der Waals surface area contributed by atoms with Gasteiger partial charge in [-0.25, -0.2) is 0 Å². The molecule has 0 aromatic heterocycles. The zero-order valence-electron chi connectivity index (χ0n) is 25.3. The monoisotopic (exact) mass is 638 g/mol. The number of amides is 3. The molecule has 1 fully saturated rings. The van der Waals surface area contributed by atoms with Crippen molar-refractivity contribution >= 4 is 46.8 Å². The minimum Gasteiger partial charge on any atom is -0.494 e. The number of aryl methyl sites for hydroxylation is 1. The number of nitrogen functional groups attached to an aromatic ring is 1. The van der Waals surface area contributed by atoms with Crippen LogP contribution in [0.25, 0.3) is 0 Å². The van der Waals surface area contributed by atoms with Gasteiger partial charge in [0.2, 0.25) is 5.91 Å². The van der Waals surface area contributed by atoms with E-state index in [0.29, 0.717) is 18.9 Å². The fourth-order valence-electron chi connectivity index (χ4n) is 5.20. The third-order valence-electron chi connectivity index (χ3n) is 7.71. The second-order valence-electron chi connectivity index (χ2n) is 11.2. The Bertz CT molecular complexity index is 1500. The van der Waals surface area contributed by atoms with E-state index in [0.717, 1.165) is 16.7 Å². The maximum Gasteiger partial charge on any atom is 0.254 e. The highest BCUT2D eigenvalue weighted by Gasteiger charge is 2.49. The molecule has 1 aliphatic rings. The number of hydrogen-bond acceptors (Lipinski definition) is 7. The van der Waals surface area contributed by atoms with Crippen LogP contribution >= 0.6 is 23.4 Å². The Labute approximate surface area is 267 Å². The number of rotatable bonds is 11. The number of nitrogens with two attached hydrogens (primary N) is 1. The Kier molecular flexibility index (Phi) is 10.8. The van der Waals surface area contributed by atoms with Gasteiger partial charge >= 0.3 is 0 Å². The average Bonchev–Trinajstić information content (AvgIpc) is 3.32. The number of ether oxygens (including phenoxy) is 1. The molecule has 3 atom stereocenters. The van der Waals surface area contributed by atoms with Crippen molar-refractivity contribution in [2.24, 2.45) is 0 Å². The first-order valence-electron chi connectivity index (χ1n) is 14.4.